The van der Waals surface area contributed by atoms with Crippen molar-refractivity contribution in [3.8, 4) is 0 Å². The SMILES string of the molecule is CC(C)(C)c1nc(C(=O)N[C@@H]2CCN(C(=O)O)Cc3cc(Br)ccc32)no1. The van der Waals surface area contributed by atoms with Crippen LogP contribution >= 0.6 is 15.9 Å². The van der Waals surface area contributed by atoms with Crippen molar-refractivity contribution in [2.45, 2.75) is 45.2 Å². The Morgan fingerprint density at radius 3 is 2.74 bits per heavy atom. The molecule has 1 aliphatic rings. The van der Waals surface area contributed by atoms with Gasteiger partial charge in [-0.2, -0.15) is 4.98 Å². The number of amides is 2. The van der Waals surface area contributed by atoms with Crippen LogP contribution in [0, 0.1) is 0 Å². The lowest BCUT2D eigenvalue weighted by Crippen LogP contribution is -2.32. The summed E-state index contributed by atoms with van der Waals surface area (Å²) in [5.74, 6) is -0.0929. The topological polar surface area (TPSA) is 109 Å². The zero-order valence-corrected chi connectivity index (χ0v) is 16.9. The molecule has 0 aliphatic carbocycles. The van der Waals surface area contributed by atoms with E-state index in [1.165, 1.54) is 4.90 Å². The predicted octanol–water partition coefficient (Wildman–Crippen LogP) is 3.48. The number of fused-ring (bicyclic) bond motifs is 1. The van der Waals surface area contributed by atoms with Crippen LogP contribution in [0.2, 0.25) is 0 Å². The van der Waals surface area contributed by atoms with Crippen molar-refractivity contribution in [2.75, 3.05) is 6.54 Å². The summed E-state index contributed by atoms with van der Waals surface area (Å²) in [4.78, 5) is 29.6. The van der Waals surface area contributed by atoms with Gasteiger partial charge in [0.2, 0.25) is 5.89 Å². The molecule has 2 N–H and O–H groups in total. The lowest BCUT2D eigenvalue weighted by Gasteiger charge is -2.18. The van der Waals surface area contributed by atoms with Gasteiger partial charge < -0.3 is 19.8 Å². The Morgan fingerprint density at radius 1 is 1.37 bits per heavy atom. The Bertz CT molecular complexity index is 874. The first-order chi connectivity index (χ1) is 12.6. The van der Waals surface area contributed by atoms with Crippen molar-refractivity contribution >= 4 is 27.9 Å². The maximum Gasteiger partial charge on any atom is 0.407 e. The lowest BCUT2D eigenvalue weighted by atomic mass is 9.97. The fraction of sp³-hybridized carbons (Fsp3) is 0.444. The van der Waals surface area contributed by atoms with E-state index in [4.69, 9.17) is 4.52 Å². The molecule has 0 saturated heterocycles. The molecule has 1 aliphatic heterocycles. The zero-order chi connectivity index (χ0) is 19.8. The first kappa shape index (κ1) is 19.3. The van der Waals surface area contributed by atoms with Crippen LogP contribution in [0.3, 0.4) is 0 Å². The van der Waals surface area contributed by atoms with Crippen LogP contribution in [0.4, 0.5) is 4.79 Å². The van der Waals surface area contributed by atoms with Gasteiger partial charge in [-0.15, -0.1) is 0 Å². The number of aromatic nitrogens is 2. The Balaban J connectivity index is 1.85. The van der Waals surface area contributed by atoms with Gasteiger partial charge in [0.15, 0.2) is 0 Å². The smallest absolute Gasteiger partial charge is 0.407 e. The second kappa shape index (κ2) is 7.30. The highest BCUT2D eigenvalue weighted by Gasteiger charge is 2.29. The van der Waals surface area contributed by atoms with Gasteiger partial charge in [-0.1, -0.05) is 47.9 Å². The van der Waals surface area contributed by atoms with Gasteiger partial charge in [0, 0.05) is 23.0 Å². The monoisotopic (exact) mass is 436 g/mol. The average Bonchev–Trinajstić information content (AvgIpc) is 3.01. The molecular formula is C18H21BrN4O4. The Hall–Kier alpha value is -2.42. The van der Waals surface area contributed by atoms with E-state index in [1.54, 1.807) is 0 Å². The quantitative estimate of drug-likeness (QED) is 0.745. The molecule has 3 rings (SSSR count). The van der Waals surface area contributed by atoms with Crippen LogP contribution in [0.1, 0.15) is 60.9 Å². The second-order valence-electron chi connectivity index (χ2n) is 7.54. The number of hydrogen-bond donors (Lipinski definition) is 2. The van der Waals surface area contributed by atoms with E-state index in [0.717, 1.165) is 15.6 Å². The fourth-order valence-corrected chi connectivity index (χ4v) is 3.34. The van der Waals surface area contributed by atoms with E-state index in [-0.39, 0.29) is 23.8 Å². The number of nitrogens with zero attached hydrogens (tertiary/aromatic N) is 3. The Morgan fingerprint density at radius 2 is 2.11 bits per heavy atom. The largest absolute Gasteiger partial charge is 0.465 e. The molecule has 8 nitrogen and oxygen atoms in total. The van der Waals surface area contributed by atoms with Crippen molar-refractivity contribution in [2.24, 2.45) is 0 Å². The fourth-order valence-electron chi connectivity index (χ4n) is 2.93. The molecule has 0 bridgehead atoms. The molecule has 2 amide bonds. The van der Waals surface area contributed by atoms with Gasteiger partial charge in [-0.3, -0.25) is 4.79 Å². The maximum atomic E-state index is 12.6. The molecule has 0 spiro atoms. The van der Waals surface area contributed by atoms with Gasteiger partial charge in [0.1, 0.15) is 0 Å². The van der Waals surface area contributed by atoms with Crippen molar-refractivity contribution in [1.82, 2.24) is 20.4 Å². The molecule has 1 atom stereocenters. The van der Waals surface area contributed by atoms with Crippen molar-refractivity contribution in [3.63, 3.8) is 0 Å². The minimum atomic E-state index is -0.985. The number of nitrogens with one attached hydrogen (secondary N) is 1. The normalized spacial score (nSPS) is 17.2. The highest BCUT2D eigenvalue weighted by Crippen LogP contribution is 2.29. The lowest BCUT2D eigenvalue weighted by molar-refractivity contribution is 0.0919. The Labute approximate surface area is 165 Å². The molecule has 144 valence electrons. The molecule has 1 aromatic carbocycles. The van der Waals surface area contributed by atoms with Crippen molar-refractivity contribution in [1.29, 1.82) is 0 Å². The standard InChI is InChI=1S/C18H21BrN4O4/c1-18(2,3)16-21-14(22-27-16)15(24)20-13-6-7-23(17(25)26)9-10-8-11(19)4-5-12(10)13/h4-5,8,13H,6-7,9H2,1-3H3,(H,20,24)(H,25,26)/t13-/m1/s1. The molecule has 2 aromatic rings. The number of rotatable bonds is 2. The molecule has 27 heavy (non-hydrogen) atoms. The van der Waals surface area contributed by atoms with E-state index in [2.05, 4.69) is 31.4 Å². The molecule has 1 aromatic heterocycles. The Kier molecular flexibility index (Phi) is 5.23. The van der Waals surface area contributed by atoms with Gasteiger partial charge in [0.25, 0.3) is 11.7 Å². The number of hydrogen-bond acceptors (Lipinski definition) is 5. The van der Waals surface area contributed by atoms with Crippen LogP contribution < -0.4 is 5.32 Å². The van der Waals surface area contributed by atoms with E-state index >= 15 is 0 Å². The van der Waals surface area contributed by atoms with E-state index < -0.39 is 12.0 Å². The number of carboxylic acid groups (broad SMARTS) is 1. The summed E-state index contributed by atoms with van der Waals surface area (Å²) < 4.78 is 6.04. The van der Waals surface area contributed by atoms with Gasteiger partial charge >= 0.3 is 6.09 Å². The summed E-state index contributed by atoms with van der Waals surface area (Å²) in [6.45, 7) is 6.34. The highest BCUT2D eigenvalue weighted by molar-refractivity contribution is 9.10. The molecule has 0 saturated carbocycles. The van der Waals surface area contributed by atoms with Crippen LogP contribution in [0.25, 0.3) is 0 Å². The first-order valence-electron chi connectivity index (χ1n) is 8.56. The van der Waals surface area contributed by atoms with E-state index in [0.29, 0.717) is 18.9 Å². The summed E-state index contributed by atoms with van der Waals surface area (Å²) in [7, 11) is 0. The van der Waals surface area contributed by atoms with Crippen molar-refractivity contribution in [3.05, 3.63) is 45.5 Å². The highest BCUT2D eigenvalue weighted by atomic mass is 79.9. The van der Waals surface area contributed by atoms with Gasteiger partial charge in [-0.05, 0) is 29.7 Å². The molecule has 2 heterocycles. The zero-order valence-electron chi connectivity index (χ0n) is 15.3. The second-order valence-corrected chi connectivity index (χ2v) is 8.45. The maximum absolute atomic E-state index is 12.6. The number of carbonyl (C=O) groups excluding carboxylic acids is 1. The number of carbonyl (C=O) groups is 2. The molecule has 0 radical (unpaired) electrons. The summed E-state index contributed by atoms with van der Waals surface area (Å²) in [5.41, 5.74) is 1.38. The first-order valence-corrected chi connectivity index (χ1v) is 9.35. The minimum Gasteiger partial charge on any atom is -0.465 e. The third-order valence-corrected chi connectivity index (χ3v) is 4.87. The number of benzene rings is 1. The van der Waals surface area contributed by atoms with Crippen molar-refractivity contribution < 1.29 is 19.2 Å². The summed E-state index contributed by atoms with van der Waals surface area (Å²) in [6.07, 6.45) is -0.530. The van der Waals surface area contributed by atoms with Gasteiger partial charge in [-0.25, -0.2) is 4.79 Å². The molecule has 0 fully saturated rings. The van der Waals surface area contributed by atoms with Crippen LogP contribution in [0.15, 0.2) is 27.2 Å². The third-order valence-electron chi connectivity index (χ3n) is 4.38. The van der Waals surface area contributed by atoms with E-state index in [9.17, 15) is 14.7 Å². The van der Waals surface area contributed by atoms with Gasteiger partial charge in [0.05, 0.1) is 6.04 Å². The molecule has 9 heteroatoms. The molecule has 0 unspecified atom stereocenters. The average molecular weight is 437 g/mol. The number of halogens is 1. The summed E-state index contributed by atoms with van der Waals surface area (Å²) in [6, 6.07) is 5.30. The predicted molar refractivity (Wildman–Crippen MR) is 100 cm³/mol. The van der Waals surface area contributed by atoms with E-state index in [1.807, 2.05) is 39.0 Å². The van der Waals surface area contributed by atoms with Crippen LogP contribution in [-0.2, 0) is 12.0 Å². The minimum absolute atomic E-state index is 0.0297. The molecular weight excluding hydrogens is 416 g/mol. The van der Waals surface area contributed by atoms with Crippen LogP contribution in [-0.4, -0.2) is 38.7 Å². The third kappa shape index (κ3) is 4.29. The summed E-state index contributed by atoms with van der Waals surface area (Å²) in [5, 5.41) is 16.1. The summed E-state index contributed by atoms with van der Waals surface area (Å²) >= 11 is 3.42. The van der Waals surface area contributed by atoms with Crippen LogP contribution in [0.5, 0.6) is 0 Å².